The number of pyridine rings is 1. The van der Waals surface area contributed by atoms with Gasteiger partial charge in [0.2, 0.25) is 0 Å². The zero-order valence-corrected chi connectivity index (χ0v) is 9.51. The highest BCUT2D eigenvalue weighted by Crippen LogP contribution is 2.33. The summed E-state index contributed by atoms with van der Waals surface area (Å²) in [7, 11) is 0. The second-order valence-electron chi connectivity index (χ2n) is 4.41. The van der Waals surface area contributed by atoms with Crippen molar-refractivity contribution in [1.82, 2.24) is 4.98 Å². The SMILES string of the molecule is O=C1c2ccccc2Cc2oc3cccnc3c21. The van der Waals surface area contributed by atoms with Crippen molar-refractivity contribution in [2.75, 3.05) is 0 Å². The Balaban J connectivity index is 2.06. The van der Waals surface area contributed by atoms with E-state index in [0.717, 1.165) is 16.9 Å². The first-order valence-electron chi connectivity index (χ1n) is 5.83. The van der Waals surface area contributed by atoms with E-state index < -0.39 is 0 Å². The van der Waals surface area contributed by atoms with Crippen LogP contribution in [0.4, 0.5) is 0 Å². The van der Waals surface area contributed by atoms with Crippen LogP contribution in [0.1, 0.15) is 27.2 Å². The average Bonchev–Trinajstić information content (AvgIpc) is 2.77. The lowest BCUT2D eigenvalue weighted by Crippen LogP contribution is -2.13. The van der Waals surface area contributed by atoms with Crippen molar-refractivity contribution in [3.63, 3.8) is 0 Å². The highest BCUT2D eigenvalue weighted by molar-refractivity contribution is 6.17. The van der Waals surface area contributed by atoms with Gasteiger partial charge < -0.3 is 4.42 Å². The fraction of sp³-hybridized carbons (Fsp3) is 0.0667. The number of carbonyl (C=O) groups excluding carboxylic acids is 1. The molecule has 4 rings (SSSR count). The van der Waals surface area contributed by atoms with E-state index in [4.69, 9.17) is 4.42 Å². The molecule has 2 aromatic heterocycles. The van der Waals surface area contributed by atoms with Crippen molar-refractivity contribution in [2.45, 2.75) is 6.42 Å². The Bertz CT molecular complexity index is 786. The molecule has 0 N–H and O–H groups in total. The number of fused-ring (bicyclic) bond motifs is 4. The van der Waals surface area contributed by atoms with Gasteiger partial charge in [-0.3, -0.25) is 9.78 Å². The van der Waals surface area contributed by atoms with Crippen LogP contribution in [0.5, 0.6) is 0 Å². The molecule has 0 amide bonds. The minimum atomic E-state index is 0.0179. The molecule has 0 radical (unpaired) electrons. The Hall–Kier alpha value is -2.42. The molecule has 0 saturated carbocycles. The number of hydrogen-bond acceptors (Lipinski definition) is 3. The van der Waals surface area contributed by atoms with E-state index in [1.807, 2.05) is 36.4 Å². The normalized spacial score (nSPS) is 13.4. The zero-order chi connectivity index (χ0) is 12.1. The van der Waals surface area contributed by atoms with Gasteiger partial charge >= 0.3 is 0 Å². The molecule has 3 heteroatoms. The van der Waals surface area contributed by atoms with Crippen LogP contribution in [-0.2, 0) is 6.42 Å². The summed E-state index contributed by atoms with van der Waals surface area (Å²) in [5, 5.41) is 0. The first kappa shape index (κ1) is 9.59. The van der Waals surface area contributed by atoms with Crippen LogP contribution in [-0.4, -0.2) is 10.8 Å². The third-order valence-corrected chi connectivity index (χ3v) is 3.36. The second-order valence-corrected chi connectivity index (χ2v) is 4.41. The molecule has 0 bridgehead atoms. The number of aromatic nitrogens is 1. The molecule has 0 fully saturated rings. The van der Waals surface area contributed by atoms with Crippen LogP contribution >= 0.6 is 0 Å². The second kappa shape index (κ2) is 3.29. The molecule has 18 heavy (non-hydrogen) atoms. The number of ketones is 1. The van der Waals surface area contributed by atoms with Crippen LogP contribution in [0, 0.1) is 0 Å². The van der Waals surface area contributed by atoms with Gasteiger partial charge in [-0.15, -0.1) is 0 Å². The van der Waals surface area contributed by atoms with E-state index >= 15 is 0 Å². The molecule has 2 heterocycles. The van der Waals surface area contributed by atoms with Gasteiger partial charge in [-0.1, -0.05) is 24.3 Å². The van der Waals surface area contributed by atoms with E-state index in [1.54, 1.807) is 6.20 Å². The van der Waals surface area contributed by atoms with Crippen molar-refractivity contribution in [3.8, 4) is 0 Å². The summed E-state index contributed by atoms with van der Waals surface area (Å²) in [4.78, 5) is 16.7. The van der Waals surface area contributed by atoms with E-state index in [0.29, 0.717) is 23.1 Å². The van der Waals surface area contributed by atoms with Gasteiger partial charge in [-0.25, -0.2) is 0 Å². The summed E-state index contributed by atoms with van der Waals surface area (Å²) in [5.74, 6) is 0.747. The standard InChI is InChI=1S/C15H9NO2/c17-15-10-5-2-1-4-9(10)8-12-13(15)14-11(18-12)6-3-7-16-14/h1-7H,8H2. The van der Waals surface area contributed by atoms with Crippen molar-refractivity contribution in [3.05, 3.63) is 65.0 Å². The molecule has 1 aliphatic carbocycles. The molecule has 3 aromatic rings. The molecule has 1 aliphatic rings. The monoisotopic (exact) mass is 235 g/mol. The van der Waals surface area contributed by atoms with Gasteiger partial charge in [0.15, 0.2) is 11.4 Å². The maximum Gasteiger partial charge on any atom is 0.199 e. The molecule has 3 nitrogen and oxygen atoms in total. The number of nitrogens with zero attached hydrogens (tertiary/aromatic N) is 1. The first-order chi connectivity index (χ1) is 8.84. The van der Waals surface area contributed by atoms with Crippen molar-refractivity contribution >= 4 is 16.9 Å². The Morgan fingerprint density at radius 2 is 2.00 bits per heavy atom. The van der Waals surface area contributed by atoms with Crippen LogP contribution < -0.4 is 0 Å². The van der Waals surface area contributed by atoms with Gasteiger partial charge in [0.05, 0.1) is 5.56 Å². The third-order valence-electron chi connectivity index (χ3n) is 3.36. The summed E-state index contributed by atoms with van der Waals surface area (Å²) in [6, 6.07) is 11.3. The number of hydrogen-bond donors (Lipinski definition) is 0. The smallest absolute Gasteiger partial charge is 0.199 e. The van der Waals surface area contributed by atoms with Gasteiger partial charge in [-0.2, -0.15) is 0 Å². The quantitative estimate of drug-likeness (QED) is 0.470. The molecule has 0 aliphatic heterocycles. The fourth-order valence-corrected chi connectivity index (χ4v) is 2.54. The molecule has 1 aromatic carbocycles. The van der Waals surface area contributed by atoms with Crippen LogP contribution in [0.2, 0.25) is 0 Å². The molecule has 0 spiro atoms. The summed E-state index contributed by atoms with van der Waals surface area (Å²) in [5.41, 5.74) is 3.77. The lowest BCUT2D eigenvalue weighted by molar-refractivity contribution is 0.103. The van der Waals surface area contributed by atoms with E-state index in [-0.39, 0.29) is 5.78 Å². The summed E-state index contributed by atoms with van der Waals surface area (Å²) < 4.78 is 5.73. The largest absolute Gasteiger partial charge is 0.458 e. The van der Waals surface area contributed by atoms with Gasteiger partial charge in [0, 0.05) is 18.2 Å². The molecule has 86 valence electrons. The molecular weight excluding hydrogens is 226 g/mol. The zero-order valence-electron chi connectivity index (χ0n) is 9.51. The fourth-order valence-electron chi connectivity index (χ4n) is 2.54. The molecule has 0 atom stereocenters. The summed E-state index contributed by atoms with van der Waals surface area (Å²) >= 11 is 0. The third kappa shape index (κ3) is 1.13. The lowest BCUT2D eigenvalue weighted by atomic mass is 9.89. The van der Waals surface area contributed by atoms with Crippen molar-refractivity contribution in [1.29, 1.82) is 0 Å². The Morgan fingerprint density at radius 3 is 2.94 bits per heavy atom. The summed E-state index contributed by atoms with van der Waals surface area (Å²) in [6.45, 7) is 0. The molecule has 0 saturated heterocycles. The number of furan rings is 1. The lowest BCUT2D eigenvalue weighted by Gasteiger charge is -2.13. The Labute approximate surface area is 103 Å². The van der Waals surface area contributed by atoms with E-state index in [9.17, 15) is 4.79 Å². The Kier molecular flexibility index (Phi) is 1.75. The summed E-state index contributed by atoms with van der Waals surface area (Å²) in [6.07, 6.45) is 2.35. The van der Waals surface area contributed by atoms with Gasteiger partial charge in [0.1, 0.15) is 11.3 Å². The topological polar surface area (TPSA) is 43.1 Å². The first-order valence-corrected chi connectivity index (χ1v) is 5.83. The Morgan fingerprint density at radius 1 is 1.11 bits per heavy atom. The highest BCUT2D eigenvalue weighted by Gasteiger charge is 2.29. The minimum absolute atomic E-state index is 0.0179. The van der Waals surface area contributed by atoms with Crippen LogP contribution in [0.3, 0.4) is 0 Å². The van der Waals surface area contributed by atoms with Gasteiger partial charge in [-0.05, 0) is 17.7 Å². The number of carbonyl (C=O) groups is 1. The minimum Gasteiger partial charge on any atom is -0.458 e. The van der Waals surface area contributed by atoms with E-state index in [2.05, 4.69) is 4.98 Å². The molecule has 0 unspecified atom stereocenters. The van der Waals surface area contributed by atoms with Crippen LogP contribution in [0.15, 0.2) is 47.0 Å². The maximum atomic E-state index is 12.5. The number of benzene rings is 1. The van der Waals surface area contributed by atoms with Crippen molar-refractivity contribution < 1.29 is 9.21 Å². The predicted octanol–water partition coefficient (Wildman–Crippen LogP) is 2.96. The number of rotatable bonds is 0. The van der Waals surface area contributed by atoms with Crippen LogP contribution in [0.25, 0.3) is 11.1 Å². The van der Waals surface area contributed by atoms with Crippen molar-refractivity contribution in [2.24, 2.45) is 0 Å². The van der Waals surface area contributed by atoms with E-state index in [1.165, 1.54) is 0 Å². The van der Waals surface area contributed by atoms with Gasteiger partial charge in [0.25, 0.3) is 0 Å². The molecular formula is C15H9NO2. The predicted molar refractivity (Wildman–Crippen MR) is 66.7 cm³/mol. The highest BCUT2D eigenvalue weighted by atomic mass is 16.3. The average molecular weight is 235 g/mol. The maximum absolute atomic E-state index is 12.5.